The zero-order valence-electron chi connectivity index (χ0n) is 20.9. The van der Waals surface area contributed by atoms with Gasteiger partial charge in [0.15, 0.2) is 5.78 Å². The molecule has 2 aromatic carbocycles. The molecule has 0 saturated heterocycles. The molecule has 0 radical (unpaired) electrons. The monoisotopic (exact) mass is 500 g/mol. The highest BCUT2D eigenvalue weighted by Gasteiger charge is 2.33. The molecule has 1 heterocycles. The highest BCUT2D eigenvalue weighted by Crippen LogP contribution is 2.33. The maximum atomic E-state index is 13.5. The average molecular weight is 501 g/mol. The Balaban J connectivity index is 1.79. The molecule has 8 heteroatoms. The largest absolute Gasteiger partial charge is 0.494 e. The number of carbonyl (C=O) groups excluding carboxylic acids is 1. The van der Waals surface area contributed by atoms with Crippen LogP contribution in [0.25, 0.3) is 11.0 Å². The first kappa shape index (κ1) is 26.9. The zero-order valence-corrected chi connectivity index (χ0v) is 21.7. The Morgan fingerprint density at radius 3 is 2.37 bits per heavy atom. The molecule has 0 unspecified atom stereocenters. The number of carbonyl (C=O) groups is 1. The summed E-state index contributed by atoms with van der Waals surface area (Å²) in [4.78, 5) is 13.5. The quantitative estimate of drug-likeness (QED) is 0.227. The van der Waals surface area contributed by atoms with Crippen LogP contribution in [0.1, 0.15) is 61.9 Å². The first-order valence-corrected chi connectivity index (χ1v) is 13.8. The third-order valence-corrected chi connectivity index (χ3v) is 7.61. The lowest BCUT2D eigenvalue weighted by Gasteiger charge is -2.15. The van der Waals surface area contributed by atoms with Crippen LogP contribution in [-0.2, 0) is 10.0 Å². The van der Waals surface area contributed by atoms with Crippen LogP contribution in [0, 0.1) is 0 Å². The number of rotatable bonds is 15. The highest BCUT2D eigenvalue weighted by molar-refractivity contribution is 7.89. The van der Waals surface area contributed by atoms with Gasteiger partial charge in [0, 0.05) is 24.5 Å². The number of hydrogen-bond acceptors (Lipinski definition) is 6. The molecule has 0 aliphatic heterocycles. The van der Waals surface area contributed by atoms with E-state index in [1.54, 1.807) is 48.5 Å². The number of nitrogens with zero attached hydrogens (tertiary/aromatic N) is 1. The Labute approximate surface area is 208 Å². The van der Waals surface area contributed by atoms with Gasteiger partial charge in [-0.05, 0) is 62.7 Å². The van der Waals surface area contributed by atoms with Crippen molar-refractivity contribution < 1.29 is 22.4 Å². The Kier molecular flexibility index (Phi) is 9.89. The van der Waals surface area contributed by atoms with Gasteiger partial charge in [0.05, 0.1) is 12.2 Å². The van der Waals surface area contributed by atoms with Crippen LogP contribution in [0.4, 0.5) is 0 Å². The molecule has 35 heavy (non-hydrogen) atoms. The summed E-state index contributed by atoms with van der Waals surface area (Å²) in [6.45, 7) is 7.00. The van der Waals surface area contributed by atoms with E-state index in [2.05, 4.69) is 12.2 Å². The van der Waals surface area contributed by atoms with E-state index >= 15 is 0 Å². The lowest BCUT2D eigenvalue weighted by Crippen LogP contribution is -2.28. The van der Waals surface area contributed by atoms with Gasteiger partial charge in [0.1, 0.15) is 11.3 Å². The number of ether oxygens (including phenoxy) is 1. The molecule has 3 rings (SSSR count). The van der Waals surface area contributed by atoms with Crippen LogP contribution >= 0.6 is 0 Å². The predicted octanol–water partition coefficient (Wildman–Crippen LogP) is 5.24. The van der Waals surface area contributed by atoms with Crippen LogP contribution in [0.2, 0.25) is 0 Å². The van der Waals surface area contributed by atoms with Crippen molar-refractivity contribution >= 4 is 26.8 Å². The predicted molar refractivity (Wildman–Crippen MR) is 139 cm³/mol. The van der Waals surface area contributed by atoms with E-state index in [1.807, 2.05) is 6.92 Å². The molecule has 190 valence electrons. The van der Waals surface area contributed by atoms with Crippen molar-refractivity contribution in [3.63, 3.8) is 0 Å². The number of sulfonamides is 1. The third kappa shape index (κ3) is 6.72. The van der Waals surface area contributed by atoms with Crippen molar-refractivity contribution in [3.05, 3.63) is 59.7 Å². The minimum Gasteiger partial charge on any atom is -0.494 e. The fourth-order valence-corrected chi connectivity index (χ4v) is 5.03. The summed E-state index contributed by atoms with van der Waals surface area (Å²) >= 11 is 0. The average Bonchev–Trinajstić information content (AvgIpc) is 3.27. The van der Waals surface area contributed by atoms with Gasteiger partial charge < -0.3 is 14.5 Å². The summed E-state index contributed by atoms with van der Waals surface area (Å²) in [5.41, 5.74) is 0.805. The number of furan rings is 1. The molecule has 0 fully saturated rings. The number of unbranched alkanes of at least 4 members (excludes halogenated alkanes) is 2. The summed E-state index contributed by atoms with van der Waals surface area (Å²) < 4.78 is 39.4. The zero-order chi connectivity index (χ0) is 25.3. The van der Waals surface area contributed by atoms with Gasteiger partial charge in [-0.2, -0.15) is 4.31 Å². The van der Waals surface area contributed by atoms with Crippen molar-refractivity contribution in [1.82, 2.24) is 9.62 Å². The Morgan fingerprint density at radius 2 is 1.66 bits per heavy atom. The molecule has 0 amide bonds. The Morgan fingerprint density at radius 1 is 0.971 bits per heavy atom. The number of nitrogens with one attached hydrogen (secondary N) is 1. The Hall–Kier alpha value is -2.68. The lowest BCUT2D eigenvalue weighted by atomic mass is 10.0. The van der Waals surface area contributed by atoms with Gasteiger partial charge >= 0.3 is 0 Å². The van der Waals surface area contributed by atoms with Crippen LogP contribution in [0.5, 0.6) is 5.75 Å². The van der Waals surface area contributed by atoms with E-state index in [1.165, 1.54) is 24.2 Å². The molecular weight excluding hydrogens is 464 g/mol. The van der Waals surface area contributed by atoms with Crippen LogP contribution in [0.15, 0.2) is 58.0 Å². The van der Waals surface area contributed by atoms with Crippen LogP contribution < -0.4 is 10.1 Å². The second-order valence-corrected chi connectivity index (χ2v) is 10.5. The summed E-state index contributed by atoms with van der Waals surface area (Å²) in [6.07, 6.45) is 4.80. The van der Waals surface area contributed by atoms with Gasteiger partial charge in [-0.3, -0.25) is 4.79 Å². The number of fused-ring (bicyclic) bond motifs is 1. The van der Waals surface area contributed by atoms with Crippen LogP contribution in [-0.4, -0.2) is 51.8 Å². The van der Waals surface area contributed by atoms with Crippen molar-refractivity contribution in [1.29, 1.82) is 0 Å². The maximum Gasteiger partial charge on any atom is 0.277 e. The van der Waals surface area contributed by atoms with Gasteiger partial charge in [-0.1, -0.05) is 44.9 Å². The summed E-state index contributed by atoms with van der Waals surface area (Å²) in [5, 5.41) is 3.55. The molecule has 3 aromatic rings. The van der Waals surface area contributed by atoms with Crippen molar-refractivity contribution in [3.8, 4) is 5.75 Å². The van der Waals surface area contributed by atoms with E-state index in [4.69, 9.17) is 9.15 Å². The highest BCUT2D eigenvalue weighted by atomic mass is 32.2. The summed E-state index contributed by atoms with van der Waals surface area (Å²) in [6, 6.07) is 13.7. The van der Waals surface area contributed by atoms with E-state index in [0.29, 0.717) is 35.4 Å². The number of ketones is 1. The first-order chi connectivity index (χ1) is 16.9. The molecule has 0 aliphatic carbocycles. The molecule has 0 saturated carbocycles. The molecule has 0 aliphatic rings. The maximum absolute atomic E-state index is 13.5. The van der Waals surface area contributed by atoms with Gasteiger partial charge in [-0.25, -0.2) is 8.42 Å². The molecule has 1 N–H and O–H groups in total. The minimum absolute atomic E-state index is 0.0655. The van der Waals surface area contributed by atoms with Gasteiger partial charge in [-0.15, -0.1) is 0 Å². The minimum atomic E-state index is -3.97. The fraction of sp³-hybridized carbons (Fsp3) is 0.444. The van der Waals surface area contributed by atoms with Crippen LogP contribution in [0.3, 0.4) is 0 Å². The smallest absolute Gasteiger partial charge is 0.277 e. The standard InChI is InChI=1S/C27H36N2O5S/c1-4-6-17-28-18-10-20-33-22-15-13-21(14-16-22)26(30)25-23-11-8-9-12-24(23)34-27(25)35(31,32)29(3)19-7-5-2/h8-9,11-16,28H,4-7,10,17-20H2,1-3H3. The normalized spacial score (nSPS) is 11.9. The van der Waals surface area contributed by atoms with Crippen molar-refractivity contribution in [2.24, 2.45) is 0 Å². The van der Waals surface area contributed by atoms with Gasteiger partial charge in [0.25, 0.3) is 10.0 Å². The van der Waals surface area contributed by atoms with E-state index < -0.39 is 15.8 Å². The SMILES string of the molecule is CCCCNCCCOc1ccc(C(=O)c2c(S(=O)(=O)N(C)CCCC)oc3ccccc23)cc1. The van der Waals surface area contributed by atoms with Crippen molar-refractivity contribution in [2.75, 3.05) is 33.3 Å². The number of benzene rings is 2. The second-order valence-electron chi connectivity index (χ2n) is 8.60. The molecule has 7 nitrogen and oxygen atoms in total. The number of para-hydroxylation sites is 1. The summed E-state index contributed by atoms with van der Waals surface area (Å²) in [5.74, 6) is 0.267. The fourth-order valence-electron chi connectivity index (χ4n) is 3.72. The lowest BCUT2D eigenvalue weighted by molar-refractivity contribution is 0.103. The van der Waals surface area contributed by atoms with E-state index in [0.717, 1.165) is 32.4 Å². The summed E-state index contributed by atoms with van der Waals surface area (Å²) in [7, 11) is -2.46. The van der Waals surface area contributed by atoms with Crippen molar-refractivity contribution in [2.45, 2.75) is 51.0 Å². The molecular formula is C27H36N2O5S. The molecule has 1 aromatic heterocycles. The second kappa shape index (κ2) is 12.9. The topological polar surface area (TPSA) is 88.8 Å². The molecule has 0 atom stereocenters. The molecule has 0 bridgehead atoms. The Bertz CT molecular complexity index is 1200. The first-order valence-electron chi connectivity index (χ1n) is 12.4. The van der Waals surface area contributed by atoms with Gasteiger partial charge in [0.2, 0.25) is 5.09 Å². The third-order valence-electron chi connectivity index (χ3n) is 5.85. The number of hydrogen-bond donors (Lipinski definition) is 1. The van der Waals surface area contributed by atoms with E-state index in [-0.39, 0.29) is 10.7 Å². The van der Waals surface area contributed by atoms with E-state index in [9.17, 15) is 13.2 Å². The molecule has 0 spiro atoms.